The number of aromatic amines is 1. The van der Waals surface area contributed by atoms with Gasteiger partial charge in [0.15, 0.2) is 5.16 Å². The quantitative estimate of drug-likeness (QED) is 0.265. The van der Waals surface area contributed by atoms with Crippen LogP contribution in [-0.4, -0.2) is 39.0 Å². The van der Waals surface area contributed by atoms with Gasteiger partial charge in [-0.1, -0.05) is 85.3 Å². The van der Waals surface area contributed by atoms with Gasteiger partial charge in [-0.05, 0) is 26.7 Å². The van der Waals surface area contributed by atoms with Crippen molar-refractivity contribution >= 4 is 23.6 Å². The number of rotatable bonds is 7. The fourth-order valence-corrected chi connectivity index (χ4v) is 4.82. The molecule has 5 nitrogen and oxygen atoms in total. The lowest BCUT2D eigenvalue weighted by Crippen LogP contribution is -2.49. The normalized spacial score (nSPS) is 15.8. The Bertz CT molecular complexity index is 1080. The molecular formula is C27H31N3O2S. The molecule has 0 saturated carbocycles. The largest absolute Gasteiger partial charge is 0.332 e. The summed E-state index contributed by atoms with van der Waals surface area (Å²) in [7, 11) is 0. The van der Waals surface area contributed by atoms with Gasteiger partial charge in [0.05, 0.1) is 11.4 Å². The number of benzene rings is 2. The van der Waals surface area contributed by atoms with E-state index in [2.05, 4.69) is 67.4 Å². The lowest BCUT2D eigenvalue weighted by Gasteiger charge is -2.35. The molecule has 0 atom stereocenters. The van der Waals surface area contributed by atoms with Crippen LogP contribution in [0, 0.1) is 19.3 Å². The van der Waals surface area contributed by atoms with Crippen molar-refractivity contribution in [2.45, 2.75) is 52.1 Å². The minimum atomic E-state index is -0.450. The van der Waals surface area contributed by atoms with E-state index in [1.807, 2.05) is 13.8 Å². The summed E-state index contributed by atoms with van der Waals surface area (Å²) in [6, 6.07) is 16.9. The van der Waals surface area contributed by atoms with Gasteiger partial charge in [0.1, 0.15) is 0 Å². The molecule has 1 saturated heterocycles. The molecular weight excluding hydrogens is 430 g/mol. The number of likely N-dealkylation sites (tertiary alicyclic amines) is 1. The van der Waals surface area contributed by atoms with Crippen molar-refractivity contribution in [2.75, 3.05) is 12.3 Å². The van der Waals surface area contributed by atoms with Gasteiger partial charge in [0.2, 0.25) is 11.8 Å². The number of nitrogens with zero attached hydrogens (tertiary/aromatic N) is 2. The number of amides is 2. The third-order valence-corrected chi connectivity index (χ3v) is 7.16. The van der Waals surface area contributed by atoms with Crippen LogP contribution in [0.15, 0.2) is 53.7 Å². The van der Waals surface area contributed by atoms with Gasteiger partial charge in [-0.2, -0.15) is 0 Å². The first-order valence-electron chi connectivity index (χ1n) is 11.5. The lowest BCUT2D eigenvalue weighted by molar-refractivity contribution is -0.156. The predicted molar refractivity (Wildman–Crippen MR) is 134 cm³/mol. The first kappa shape index (κ1) is 23.3. The van der Waals surface area contributed by atoms with E-state index < -0.39 is 5.41 Å². The Balaban J connectivity index is 1.48. The van der Waals surface area contributed by atoms with Crippen molar-refractivity contribution in [3.63, 3.8) is 0 Å². The van der Waals surface area contributed by atoms with Crippen molar-refractivity contribution in [3.05, 3.63) is 59.7 Å². The van der Waals surface area contributed by atoms with Gasteiger partial charge in [-0.15, -0.1) is 0 Å². The zero-order chi connectivity index (χ0) is 23.6. The Hall–Kier alpha value is -2.86. The Morgan fingerprint density at radius 1 is 0.970 bits per heavy atom. The molecule has 172 valence electrons. The smallest absolute Gasteiger partial charge is 0.234 e. The van der Waals surface area contributed by atoms with Gasteiger partial charge in [-0.25, -0.2) is 4.98 Å². The SMILES string of the molecule is Cc1ccc(-c2nc(SCCCN3C(=O)CCC(C)(C)C3=O)[nH]c2-c2ccc(C)cc2)cc1. The fourth-order valence-electron chi connectivity index (χ4n) is 4.03. The average Bonchev–Trinajstić information content (AvgIpc) is 3.21. The Morgan fingerprint density at radius 2 is 1.58 bits per heavy atom. The van der Waals surface area contributed by atoms with Gasteiger partial charge in [-0.3, -0.25) is 14.5 Å². The molecule has 0 unspecified atom stereocenters. The molecule has 1 aliphatic rings. The van der Waals surface area contributed by atoms with Crippen LogP contribution in [0.5, 0.6) is 0 Å². The molecule has 2 amide bonds. The number of carbonyl (C=O) groups excluding carboxylic acids is 2. The van der Waals surface area contributed by atoms with E-state index in [-0.39, 0.29) is 11.8 Å². The van der Waals surface area contributed by atoms with E-state index in [0.717, 1.165) is 39.8 Å². The summed E-state index contributed by atoms with van der Waals surface area (Å²) in [5.74, 6) is 0.668. The number of nitrogens with one attached hydrogen (secondary N) is 1. The minimum Gasteiger partial charge on any atom is -0.332 e. The molecule has 0 bridgehead atoms. The molecule has 0 spiro atoms. The second-order valence-electron chi connectivity index (χ2n) is 9.43. The highest BCUT2D eigenvalue weighted by molar-refractivity contribution is 7.99. The summed E-state index contributed by atoms with van der Waals surface area (Å²) in [4.78, 5) is 34.7. The zero-order valence-electron chi connectivity index (χ0n) is 19.8. The number of piperidine rings is 1. The van der Waals surface area contributed by atoms with Crippen LogP contribution in [0.25, 0.3) is 22.5 Å². The van der Waals surface area contributed by atoms with E-state index in [1.54, 1.807) is 11.8 Å². The van der Waals surface area contributed by atoms with Crippen LogP contribution in [0.2, 0.25) is 0 Å². The number of aromatic nitrogens is 2. The standard InChI is InChI=1S/C27H31N3O2S/c1-18-6-10-20(11-7-18)23-24(21-12-8-19(2)9-13-21)29-26(28-23)33-17-5-16-30-22(31)14-15-27(3,4)25(30)32/h6-13H,5,14-17H2,1-4H3,(H,28,29). The van der Waals surface area contributed by atoms with Crippen molar-refractivity contribution in [1.82, 2.24) is 14.9 Å². The van der Waals surface area contributed by atoms with Gasteiger partial charge in [0, 0.05) is 35.3 Å². The van der Waals surface area contributed by atoms with Gasteiger partial charge in [0.25, 0.3) is 0 Å². The van der Waals surface area contributed by atoms with Crippen molar-refractivity contribution in [3.8, 4) is 22.5 Å². The average molecular weight is 462 g/mol. The van der Waals surface area contributed by atoms with Crippen LogP contribution < -0.4 is 0 Å². The van der Waals surface area contributed by atoms with Crippen molar-refractivity contribution < 1.29 is 9.59 Å². The third kappa shape index (κ3) is 5.22. The Morgan fingerprint density at radius 3 is 2.21 bits per heavy atom. The van der Waals surface area contributed by atoms with Gasteiger partial charge < -0.3 is 4.98 Å². The molecule has 1 N–H and O–H groups in total. The summed E-state index contributed by atoms with van der Waals surface area (Å²) < 4.78 is 0. The maximum Gasteiger partial charge on any atom is 0.234 e. The van der Waals surface area contributed by atoms with E-state index >= 15 is 0 Å². The maximum atomic E-state index is 12.6. The molecule has 1 aromatic heterocycles. The second kappa shape index (κ2) is 9.56. The van der Waals surface area contributed by atoms with Crippen LogP contribution in [-0.2, 0) is 9.59 Å². The summed E-state index contributed by atoms with van der Waals surface area (Å²) in [5, 5.41) is 0.845. The summed E-state index contributed by atoms with van der Waals surface area (Å²) in [6.45, 7) is 8.47. The third-order valence-electron chi connectivity index (χ3n) is 6.20. The number of imidazole rings is 1. The summed E-state index contributed by atoms with van der Waals surface area (Å²) in [6.07, 6.45) is 1.81. The molecule has 1 fully saturated rings. The molecule has 2 heterocycles. The maximum absolute atomic E-state index is 12.6. The fraction of sp³-hybridized carbons (Fsp3) is 0.370. The van der Waals surface area contributed by atoms with Gasteiger partial charge >= 0.3 is 0 Å². The van der Waals surface area contributed by atoms with E-state index in [4.69, 9.17) is 4.98 Å². The highest BCUT2D eigenvalue weighted by Gasteiger charge is 2.39. The van der Waals surface area contributed by atoms with E-state index in [1.165, 1.54) is 16.0 Å². The number of hydrogen-bond acceptors (Lipinski definition) is 4. The van der Waals surface area contributed by atoms with Crippen LogP contribution in [0.4, 0.5) is 0 Å². The number of aryl methyl sites for hydroxylation is 2. The molecule has 6 heteroatoms. The summed E-state index contributed by atoms with van der Waals surface area (Å²) >= 11 is 1.63. The number of thioether (sulfide) groups is 1. The van der Waals surface area contributed by atoms with Crippen LogP contribution in [0.3, 0.4) is 0 Å². The zero-order valence-corrected chi connectivity index (χ0v) is 20.6. The number of hydrogen-bond donors (Lipinski definition) is 1. The minimum absolute atomic E-state index is 0.0503. The highest BCUT2D eigenvalue weighted by Crippen LogP contribution is 2.34. The molecule has 1 aliphatic heterocycles. The molecule has 0 aliphatic carbocycles. The number of carbonyl (C=O) groups is 2. The van der Waals surface area contributed by atoms with Crippen molar-refractivity contribution in [1.29, 1.82) is 0 Å². The van der Waals surface area contributed by atoms with E-state index in [9.17, 15) is 9.59 Å². The Kier molecular flexibility index (Phi) is 6.75. The monoisotopic (exact) mass is 461 g/mol. The molecule has 0 radical (unpaired) electrons. The second-order valence-corrected chi connectivity index (χ2v) is 10.5. The first-order chi connectivity index (χ1) is 15.7. The number of H-pyrrole nitrogens is 1. The molecule has 4 rings (SSSR count). The predicted octanol–water partition coefficient (Wildman–Crippen LogP) is 6.02. The lowest BCUT2D eigenvalue weighted by atomic mass is 9.83. The van der Waals surface area contributed by atoms with Crippen LogP contribution in [0.1, 0.15) is 44.2 Å². The van der Waals surface area contributed by atoms with Crippen molar-refractivity contribution in [2.24, 2.45) is 5.41 Å². The topological polar surface area (TPSA) is 66.1 Å². The number of imide groups is 1. The highest BCUT2D eigenvalue weighted by atomic mass is 32.2. The molecule has 33 heavy (non-hydrogen) atoms. The molecule has 3 aromatic rings. The van der Waals surface area contributed by atoms with Crippen LogP contribution >= 0.6 is 11.8 Å². The Labute approximate surface area is 200 Å². The molecule has 2 aromatic carbocycles. The first-order valence-corrected chi connectivity index (χ1v) is 12.4. The van der Waals surface area contributed by atoms with E-state index in [0.29, 0.717) is 19.4 Å². The summed E-state index contributed by atoms with van der Waals surface area (Å²) in [5.41, 5.74) is 6.09.